The van der Waals surface area contributed by atoms with Crippen molar-refractivity contribution in [2.45, 2.75) is 25.9 Å². The van der Waals surface area contributed by atoms with Crippen LogP contribution < -0.4 is 10.6 Å². The highest BCUT2D eigenvalue weighted by Gasteiger charge is 2.31. The highest BCUT2D eigenvalue weighted by molar-refractivity contribution is 5.78. The van der Waals surface area contributed by atoms with Crippen LogP contribution in [0.5, 0.6) is 0 Å². The summed E-state index contributed by atoms with van der Waals surface area (Å²) in [4.78, 5) is 24.0. The molecule has 17 heavy (non-hydrogen) atoms. The first-order chi connectivity index (χ1) is 7.89. The van der Waals surface area contributed by atoms with Gasteiger partial charge in [-0.1, -0.05) is 0 Å². The van der Waals surface area contributed by atoms with Crippen LogP contribution in [0.15, 0.2) is 0 Å². The standard InChI is InChI=1S/C11H21N3O3/c1-9(15)12-4-5-13-10(16)7-14-6-3-11(2,17)8-14/h17H,3-8H2,1-2H3,(H,12,15)(H,13,16). The molecule has 1 heterocycles. The number of likely N-dealkylation sites (tertiary alicyclic amines) is 1. The number of carbonyl (C=O) groups excluding carboxylic acids is 2. The maximum absolute atomic E-state index is 11.5. The van der Waals surface area contributed by atoms with Crippen LogP contribution in [0.3, 0.4) is 0 Å². The summed E-state index contributed by atoms with van der Waals surface area (Å²) in [6, 6.07) is 0. The van der Waals surface area contributed by atoms with Crippen LogP contribution in [-0.4, -0.2) is 60.1 Å². The second-order valence-corrected chi connectivity index (χ2v) is 4.79. The Kier molecular flexibility index (Phi) is 4.89. The first kappa shape index (κ1) is 13.9. The minimum absolute atomic E-state index is 0.0759. The van der Waals surface area contributed by atoms with Gasteiger partial charge < -0.3 is 15.7 Å². The molecule has 1 fully saturated rings. The van der Waals surface area contributed by atoms with Crippen LogP contribution in [0, 0.1) is 0 Å². The largest absolute Gasteiger partial charge is 0.389 e. The maximum Gasteiger partial charge on any atom is 0.234 e. The fourth-order valence-electron chi connectivity index (χ4n) is 1.87. The second-order valence-electron chi connectivity index (χ2n) is 4.79. The number of carbonyl (C=O) groups is 2. The first-order valence-electron chi connectivity index (χ1n) is 5.85. The third-order valence-corrected chi connectivity index (χ3v) is 2.72. The Morgan fingerprint density at radius 3 is 2.53 bits per heavy atom. The molecule has 0 bridgehead atoms. The van der Waals surface area contributed by atoms with Gasteiger partial charge >= 0.3 is 0 Å². The van der Waals surface area contributed by atoms with Gasteiger partial charge in [0.1, 0.15) is 0 Å². The Balaban J connectivity index is 2.11. The molecule has 98 valence electrons. The number of β-amino-alcohol motifs (C(OH)–C–C–N with tert-alkyl or cyclic N) is 1. The number of amides is 2. The molecular formula is C11H21N3O3. The van der Waals surface area contributed by atoms with Gasteiger partial charge in [0.2, 0.25) is 11.8 Å². The van der Waals surface area contributed by atoms with Crippen LogP contribution >= 0.6 is 0 Å². The van der Waals surface area contributed by atoms with Crippen LogP contribution in [-0.2, 0) is 9.59 Å². The highest BCUT2D eigenvalue weighted by atomic mass is 16.3. The van der Waals surface area contributed by atoms with Crippen molar-refractivity contribution >= 4 is 11.8 Å². The summed E-state index contributed by atoms with van der Waals surface area (Å²) in [5.74, 6) is -0.178. The van der Waals surface area contributed by atoms with E-state index in [0.29, 0.717) is 32.6 Å². The van der Waals surface area contributed by atoms with Gasteiger partial charge in [-0.25, -0.2) is 0 Å². The molecule has 3 N–H and O–H groups in total. The molecule has 1 atom stereocenters. The van der Waals surface area contributed by atoms with Crippen molar-refractivity contribution in [3.63, 3.8) is 0 Å². The number of hydrogen-bond acceptors (Lipinski definition) is 4. The summed E-state index contributed by atoms with van der Waals surface area (Å²) < 4.78 is 0. The molecule has 6 nitrogen and oxygen atoms in total. The van der Waals surface area contributed by atoms with E-state index in [-0.39, 0.29) is 11.8 Å². The topological polar surface area (TPSA) is 81.7 Å². The molecule has 0 aromatic carbocycles. The third-order valence-electron chi connectivity index (χ3n) is 2.72. The zero-order valence-electron chi connectivity index (χ0n) is 10.5. The normalized spacial score (nSPS) is 24.6. The molecule has 1 rings (SSSR count). The molecule has 1 aliphatic rings. The lowest BCUT2D eigenvalue weighted by molar-refractivity contribution is -0.123. The number of nitrogens with zero attached hydrogens (tertiary/aromatic N) is 1. The van der Waals surface area contributed by atoms with E-state index in [1.807, 2.05) is 4.90 Å². The Labute approximate surface area is 101 Å². The lowest BCUT2D eigenvalue weighted by atomic mass is 10.1. The lowest BCUT2D eigenvalue weighted by Crippen LogP contribution is -2.40. The van der Waals surface area contributed by atoms with Crippen molar-refractivity contribution in [2.75, 3.05) is 32.7 Å². The molecule has 0 aromatic heterocycles. The lowest BCUT2D eigenvalue weighted by Gasteiger charge is -2.18. The van der Waals surface area contributed by atoms with E-state index < -0.39 is 5.60 Å². The summed E-state index contributed by atoms with van der Waals surface area (Å²) >= 11 is 0. The van der Waals surface area contributed by atoms with Gasteiger partial charge in [0.25, 0.3) is 0 Å². The summed E-state index contributed by atoms with van der Waals surface area (Å²) in [6.07, 6.45) is 0.701. The van der Waals surface area contributed by atoms with Gasteiger partial charge in [-0.3, -0.25) is 14.5 Å². The Hall–Kier alpha value is -1.14. The van der Waals surface area contributed by atoms with Crippen LogP contribution in [0.1, 0.15) is 20.3 Å². The predicted octanol–water partition coefficient (Wildman–Crippen LogP) is -1.30. The SMILES string of the molecule is CC(=O)NCCNC(=O)CN1CCC(C)(O)C1. The van der Waals surface area contributed by atoms with Gasteiger partial charge in [-0.05, 0) is 13.3 Å². The van der Waals surface area contributed by atoms with Crippen molar-refractivity contribution in [1.82, 2.24) is 15.5 Å². The van der Waals surface area contributed by atoms with Gasteiger partial charge in [0.05, 0.1) is 12.1 Å². The third kappa shape index (κ3) is 5.65. The highest BCUT2D eigenvalue weighted by Crippen LogP contribution is 2.19. The van der Waals surface area contributed by atoms with E-state index >= 15 is 0 Å². The monoisotopic (exact) mass is 243 g/mol. The number of aliphatic hydroxyl groups is 1. The Bertz CT molecular complexity index is 292. The van der Waals surface area contributed by atoms with Crippen LogP contribution in [0.25, 0.3) is 0 Å². The summed E-state index contributed by atoms with van der Waals surface area (Å²) in [6.45, 7) is 5.67. The zero-order valence-corrected chi connectivity index (χ0v) is 10.5. The molecule has 2 amide bonds. The minimum atomic E-state index is -0.670. The van der Waals surface area contributed by atoms with Crippen LogP contribution in [0.4, 0.5) is 0 Å². The quantitative estimate of drug-likeness (QED) is 0.524. The molecular weight excluding hydrogens is 222 g/mol. The first-order valence-corrected chi connectivity index (χ1v) is 5.85. The molecule has 1 unspecified atom stereocenters. The van der Waals surface area contributed by atoms with Crippen molar-refractivity contribution in [2.24, 2.45) is 0 Å². The number of nitrogens with one attached hydrogen (secondary N) is 2. The molecule has 0 radical (unpaired) electrons. The smallest absolute Gasteiger partial charge is 0.234 e. The number of hydrogen-bond donors (Lipinski definition) is 3. The molecule has 1 saturated heterocycles. The van der Waals surface area contributed by atoms with Gasteiger partial charge in [0, 0.05) is 33.1 Å². The average Bonchev–Trinajstić information content (AvgIpc) is 2.52. The van der Waals surface area contributed by atoms with E-state index in [4.69, 9.17) is 0 Å². The fourth-order valence-corrected chi connectivity index (χ4v) is 1.87. The molecule has 1 aliphatic heterocycles. The summed E-state index contributed by atoms with van der Waals surface area (Å²) in [7, 11) is 0. The molecule has 0 aliphatic carbocycles. The summed E-state index contributed by atoms with van der Waals surface area (Å²) in [5, 5.41) is 15.0. The van der Waals surface area contributed by atoms with Crippen molar-refractivity contribution in [1.29, 1.82) is 0 Å². The number of rotatable bonds is 5. The van der Waals surface area contributed by atoms with Crippen molar-refractivity contribution < 1.29 is 14.7 Å². The Morgan fingerprint density at radius 1 is 1.35 bits per heavy atom. The fraction of sp³-hybridized carbons (Fsp3) is 0.818. The van der Waals surface area contributed by atoms with E-state index in [1.165, 1.54) is 6.92 Å². The van der Waals surface area contributed by atoms with E-state index in [1.54, 1.807) is 6.92 Å². The summed E-state index contributed by atoms with van der Waals surface area (Å²) in [5.41, 5.74) is -0.670. The maximum atomic E-state index is 11.5. The van der Waals surface area contributed by atoms with Gasteiger partial charge in [0.15, 0.2) is 0 Å². The van der Waals surface area contributed by atoms with Crippen LogP contribution in [0.2, 0.25) is 0 Å². The van der Waals surface area contributed by atoms with Crippen molar-refractivity contribution in [3.05, 3.63) is 0 Å². The molecule has 0 aromatic rings. The van der Waals surface area contributed by atoms with Gasteiger partial charge in [-0.15, -0.1) is 0 Å². The minimum Gasteiger partial charge on any atom is -0.389 e. The molecule has 0 spiro atoms. The van der Waals surface area contributed by atoms with E-state index in [9.17, 15) is 14.7 Å². The predicted molar refractivity (Wildman–Crippen MR) is 63.4 cm³/mol. The molecule has 6 heteroatoms. The van der Waals surface area contributed by atoms with E-state index in [2.05, 4.69) is 10.6 Å². The zero-order chi connectivity index (χ0) is 12.9. The average molecular weight is 243 g/mol. The second kappa shape index (κ2) is 5.97. The van der Waals surface area contributed by atoms with Crippen molar-refractivity contribution in [3.8, 4) is 0 Å². The van der Waals surface area contributed by atoms with Gasteiger partial charge in [-0.2, -0.15) is 0 Å². The Morgan fingerprint density at radius 2 is 2.00 bits per heavy atom. The molecule has 0 saturated carbocycles. The van der Waals surface area contributed by atoms with E-state index in [0.717, 1.165) is 6.54 Å².